The van der Waals surface area contributed by atoms with Crippen LogP contribution in [-0.4, -0.2) is 18.8 Å². The van der Waals surface area contributed by atoms with Crippen LogP contribution in [0.2, 0.25) is 0 Å². The van der Waals surface area contributed by atoms with Crippen LogP contribution in [0.15, 0.2) is 65.7 Å². The maximum absolute atomic E-state index is 13.9. The van der Waals surface area contributed by atoms with Crippen molar-refractivity contribution in [3.8, 4) is 0 Å². The maximum atomic E-state index is 13.9. The normalized spacial score (nSPS) is 12.1. The second-order valence-corrected chi connectivity index (χ2v) is 10.5. The van der Waals surface area contributed by atoms with E-state index in [1.54, 1.807) is 6.92 Å². The number of thiocarbonyl (C=S) groups is 1. The second kappa shape index (κ2) is 9.05. The summed E-state index contributed by atoms with van der Waals surface area (Å²) in [5.74, 6) is -1.43. The zero-order valence-electron chi connectivity index (χ0n) is 17.5. The second-order valence-electron chi connectivity index (χ2n) is 7.36. The van der Waals surface area contributed by atoms with Crippen LogP contribution in [0.25, 0.3) is 10.1 Å². The van der Waals surface area contributed by atoms with E-state index < -0.39 is 34.1 Å². The van der Waals surface area contributed by atoms with Gasteiger partial charge in [-0.25, -0.2) is 12.8 Å². The van der Waals surface area contributed by atoms with Gasteiger partial charge in [-0.3, -0.25) is 9.29 Å². The average Bonchev–Trinajstić information content (AvgIpc) is 3.13. The maximum Gasteiger partial charge on any atom is 0.419 e. The van der Waals surface area contributed by atoms with Crippen molar-refractivity contribution in [1.82, 2.24) is 4.98 Å². The standard InChI is InChI=1S/C23H16F4N2O2S3/c1-14-16-5-2-3-6-20(16)33-22(14)29(34(30,31)21-7-4-10-28-19(21)13-32)12-15-8-9-18(24)17(11-15)23(25,26)27/h2-11,13H,12H2,1H3. The highest BCUT2D eigenvalue weighted by atomic mass is 32.2. The van der Waals surface area contributed by atoms with Crippen LogP contribution in [0, 0.1) is 12.7 Å². The Morgan fingerprint density at radius 1 is 1.12 bits per heavy atom. The predicted molar refractivity (Wildman–Crippen MR) is 128 cm³/mol. The highest BCUT2D eigenvalue weighted by molar-refractivity contribution is 7.93. The van der Waals surface area contributed by atoms with Crippen molar-refractivity contribution in [1.29, 1.82) is 0 Å². The summed E-state index contributed by atoms with van der Waals surface area (Å²) in [5, 5.41) is 2.28. The van der Waals surface area contributed by atoms with Gasteiger partial charge in [0.2, 0.25) is 0 Å². The summed E-state index contributed by atoms with van der Waals surface area (Å²) in [6, 6.07) is 12.5. The molecule has 11 heteroatoms. The molecule has 0 amide bonds. The number of pyridine rings is 1. The summed E-state index contributed by atoms with van der Waals surface area (Å²) in [4.78, 5) is 3.83. The van der Waals surface area contributed by atoms with Gasteiger partial charge in [-0.2, -0.15) is 13.2 Å². The van der Waals surface area contributed by atoms with Gasteiger partial charge in [0.25, 0.3) is 10.0 Å². The van der Waals surface area contributed by atoms with Gasteiger partial charge < -0.3 is 0 Å². The molecule has 4 rings (SSSR count). The van der Waals surface area contributed by atoms with E-state index in [1.165, 1.54) is 29.7 Å². The van der Waals surface area contributed by atoms with Gasteiger partial charge in [0.1, 0.15) is 15.7 Å². The molecule has 4 nitrogen and oxygen atoms in total. The largest absolute Gasteiger partial charge is 0.419 e. The number of aromatic nitrogens is 1. The van der Waals surface area contributed by atoms with Crippen LogP contribution >= 0.6 is 23.6 Å². The van der Waals surface area contributed by atoms with Gasteiger partial charge in [-0.15, -0.1) is 11.3 Å². The van der Waals surface area contributed by atoms with E-state index in [4.69, 9.17) is 12.2 Å². The van der Waals surface area contributed by atoms with Gasteiger partial charge in [0.05, 0.1) is 17.8 Å². The number of rotatable bonds is 6. The van der Waals surface area contributed by atoms with Crippen LogP contribution in [0.1, 0.15) is 22.4 Å². The topological polar surface area (TPSA) is 50.3 Å². The number of anilines is 1. The summed E-state index contributed by atoms with van der Waals surface area (Å²) in [6.07, 6.45) is -3.53. The predicted octanol–water partition coefficient (Wildman–Crippen LogP) is 6.51. The molecule has 0 aliphatic rings. The van der Waals surface area contributed by atoms with Crippen molar-refractivity contribution in [3.63, 3.8) is 0 Å². The molecule has 176 valence electrons. The Hall–Kier alpha value is -2.89. The van der Waals surface area contributed by atoms with Crippen molar-refractivity contribution >= 4 is 54.0 Å². The molecule has 0 aliphatic carbocycles. The first-order valence-corrected chi connectivity index (χ1v) is 12.5. The fourth-order valence-electron chi connectivity index (χ4n) is 3.55. The van der Waals surface area contributed by atoms with Crippen molar-refractivity contribution in [3.05, 3.63) is 89.0 Å². The molecule has 0 saturated carbocycles. The fourth-order valence-corrected chi connectivity index (χ4v) is 6.87. The lowest BCUT2D eigenvalue weighted by Gasteiger charge is -2.25. The number of hydrogen-bond acceptors (Lipinski definition) is 5. The van der Waals surface area contributed by atoms with Crippen molar-refractivity contribution in [2.75, 3.05) is 4.31 Å². The van der Waals surface area contributed by atoms with E-state index in [2.05, 4.69) is 4.98 Å². The van der Waals surface area contributed by atoms with Crippen LogP contribution in [0.5, 0.6) is 0 Å². The molecule has 0 unspecified atom stereocenters. The van der Waals surface area contributed by atoms with Crippen molar-refractivity contribution in [2.24, 2.45) is 0 Å². The van der Waals surface area contributed by atoms with E-state index in [0.717, 1.165) is 25.8 Å². The molecular formula is C23H16F4N2O2S3. The minimum absolute atomic E-state index is 0.0260. The molecule has 2 aromatic carbocycles. The first kappa shape index (κ1) is 24.2. The summed E-state index contributed by atoms with van der Waals surface area (Å²) in [5.41, 5.74) is -0.801. The lowest BCUT2D eigenvalue weighted by molar-refractivity contribution is -0.140. The minimum Gasteiger partial charge on any atom is -0.255 e. The van der Waals surface area contributed by atoms with Gasteiger partial charge in [-0.05, 0) is 53.8 Å². The van der Waals surface area contributed by atoms with Crippen LogP contribution in [-0.2, 0) is 22.7 Å². The lowest BCUT2D eigenvalue weighted by atomic mass is 10.1. The summed E-state index contributed by atoms with van der Waals surface area (Å²) >= 11 is 6.12. The number of benzene rings is 2. The van der Waals surface area contributed by atoms with Crippen molar-refractivity contribution < 1.29 is 26.0 Å². The van der Waals surface area contributed by atoms with E-state index in [-0.39, 0.29) is 16.2 Å². The van der Waals surface area contributed by atoms with Gasteiger partial charge in [-0.1, -0.05) is 36.5 Å². The molecule has 2 aromatic heterocycles. The fraction of sp³-hybridized carbons (Fsp3) is 0.130. The first-order valence-electron chi connectivity index (χ1n) is 9.80. The SMILES string of the molecule is Cc1c(N(Cc2ccc(F)c(C(F)(F)F)c2)S(=O)(=O)c2cccnc2C=S)sc2ccccc12. The van der Waals surface area contributed by atoms with E-state index in [0.29, 0.717) is 22.7 Å². The highest BCUT2D eigenvalue weighted by Crippen LogP contribution is 2.41. The molecule has 34 heavy (non-hydrogen) atoms. The number of hydrogen-bond donors (Lipinski definition) is 0. The van der Waals surface area contributed by atoms with Crippen LogP contribution in [0.3, 0.4) is 0 Å². The molecule has 0 bridgehead atoms. The van der Waals surface area contributed by atoms with E-state index in [1.807, 2.05) is 24.3 Å². The Bertz CT molecular complexity index is 1500. The zero-order chi connectivity index (χ0) is 24.7. The molecule has 0 aliphatic heterocycles. The Kier molecular flexibility index (Phi) is 6.45. The molecule has 0 radical (unpaired) electrons. The number of thiophene rings is 1. The zero-order valence-corrected chi connectivity index (χ0v) is 20.0. The van der Waals surface area contributed by atoms with E-state index in [9.17, 15) is 26.0 Å². The first-order chi connectivity index (χ1) is 16.0. The molecule has 0 fully saturated rings. The molecule has 2 heterocycles. The minimum atomic E-state index is -4.93. The Balaban J connectivity index is 1.92. The molecule has 0 N–H and O–H groups in total. The third-order valence-electron chi connectivity index (χ3n) is 5.19. The highest BCUT2D eigenvalue weighted by Gasteiger charge is 2.35. The third-order valence-corrected chi connectivity index (χ3v) is 8.61. The molecular weight excluding hydrogens is 508 g/mol. The Morgan fingerprint density at radius 3 is 2.53 bits per heavy atom. The smallest absolute Gasteiger partial charge is 0.255 e. The van der Waals surface area contributed by atoms with Crippen LogP contribution < -0.4 is 4.31 Å². The Labute approximate surface area is 202 Å². The monoisotopic (exact) mass is 524 g/mol. The number of sulfonamides is 1. The summed E-state index contributed by atoms with van der Waals surface area (Å²) in [6.45, 7) is 1.29. The van der Waals surface area contributed by atoms with Gasteiger partial charge in [0, 0.05) is 16.3 Å². The Morgan fingerprint density at radius 2 is 1.85 bits per heavy atom. The summed E-state index contributed by atoms with van der Waals surface area (Å²) < 4.78 is 83.2. The molecule has 0 spiro atoms. The molecule has 4 aromatic rings. The number of fused-ring (bicyclic) bond motifs is 1. The van der Waals surface area contributed by atoms with E-state index >= 15 is 0 Å². The number of aryl methyl sites for hydroxylation is 1. The average molecular weight is 525 g/mol. The number of halogens is 4. The lowest BCUT2D eigenvalue weighted by Crippen LogP contribution is -2.31. The molecule has 0 saturated heterocycles. The quantitative estimate of drug-likeness (QED) is 0.213. The van der Waals surface area contributed by atoms with Gasteiger partial charge in [0.15, 0.2) is 0 Å². The van der Waals surface area contributed by atoms with Crippen LogP contribution in [0.4, 0.5) is 22.6 Å². The number of nitrogens with zero attached hydrogens (tertiary/aromatic N) is 2. The molecule has 0 atom stereocenters. The third kappa shape index (κ3) is 4.42. The number of alkyl halides is 3. The van der Waals surface area contributed by atoms with Crippen molar-refractivity contribution in [2.45, 2.75) is 24.5 Å². The summed E-state index contributed by atoms with van der Waals surface area (Å²) in [7, 11) is -4.32. The van der Waals surface area contributed by atoms with Gasteiger partial charge >= 0.3 is 6.18 Å².